The molecule has 0 spiro atoms. The standard InChI is InChI=1S/C26H25N5O/c32-26-22-6-5-19(11-21(22)14-30-26)24-15-29-25-23(24)12-20(13-28-25)18-3-1-17(2-4-18)16-31-9-7-27-8-10-31/h1-6,11-13,15,27H,7-10,14,16H2,(H,28,29)(H,30,32). The minimum Gasteiger partial charge on any atom is -0.348 e. The van der Waals surface area contributed by atoms with E-state index in [9.17, 15) is 4.79 Å². The van der Waals surface area contributed by atoms with Crippen molar-refractivity contribution in [3.63, 3.8) is 0 Å². The van der Waals surface area contributed by atoms with Crippen LogP contribution in [0.2, 0.25) is 0 Å². The molecule has 1 saturated heterocycles. The van der Waals surface area contributed by atoms with Crippen LogP contribution in [-0.4, -0.2) is 47.0 Å². The molecule has 6 nitrogen and oxygen atoms in total. The number of hydrogen-bond donors (Lipinski definition) is 3. The maximum Gasteiger partial charge on any atom is 0.251 e. The molecule has 0 saturated carbocycles. The summed E-state index contributed by atoms with van der Waals surface area (Å²) in [6.45, 7) is 5.93. The molecule has 2 aliphatic rings. The van der Waals surface area contributed by atoms with E-state index in [1.807, 2.05) is 24.5 Å². The van der Waals surface area contributed by atoms with Crippen LogP contribution in [-0.2, 0) is 13.1 Å². The molecule has 0 bridgehead atoms. The summed E-state index contributed by atoms with van der Waals surface area (Å²) in [6, 6.07) is 17.1. The van der Waals surface area contributed by atoms with E-state index >= 15 is 0 Å². The first-order valence-electron chi connectivity index (χ1n) is 11.2. The number of aromatic nitrogens is 2. The molecule has 0 aliphatic carbocycles. The molecule has 2 aromatic carbocycles. The topological polar surface area (TPSA) is 73.0 Å². The van der Waals surface area contributed by atoms with Gasteiger partial charge in [-0.05, 0) is 40.5 Å². The average Bonchev–Trinajstić information content (AvgIpc) is 3.43. The van der Waals surface area contributed by atoms with Crippen LogP contribution in [0.3, 0.4) is 0 Å². The zero-order valence-electron chi connectivity index (χ0n) is 17.8. The number of carbonyl (C=O) groups is 1. The van der Waals surface area contributed by atoms with Crippen molar-refractivity contribution in [1.82, 2.24) is 25.5 Å². The number of fused-ring (bicyclic) bond motifs is 2. The van der Waals surface area contributed by atoms with Crippen LogP contribution >= 0.6 is 0 Å². The summed E-state index contributed by atoms with van der Waals surface area (Å²) in [4.78, 5) is 22.3. The highest BCUT2D eigenvalue weighted by Gasteiger charge is 2.19. The summed E-state index contributed by atoms with van der Waals surface area (Å²) >= 11 is 0. The molecule has 0 atom stereocenters. The first-order valence-corrected chi connectivity index (χ1v) is 11.2. The second-order valence-electron chi connectivity index (χ2n) is 8.60. The van der Waals surface area contributed by atoms with Crippen LogP contribution in [0.5, 0.6) is 0 Å². The quantitative estimate of drug-likeness (QED) is 0.469. The Morgan fingerprint density at radius 3 is 2.56 bits per heavy atom. The molecule has 6 rings (SSSR count). The summed E-state index contributed by atoms with van der Waals surface area (Å²) in [6.07, 6.45) is 3.93. The van der Waals surface area contributed by atoms with Crippen LogP contribution in [0.25, 0.3) is 33.3 Å². The van der Waals surface area contributed by atoms with Crippen LogP contribution < -0.4 is 10.6 Å². The minimum absolute atomic E-state index is 0.00910. The minimum atomic E-state index is 0.00910. The predicted octanol–water partition coefficient (Wildman–Crippen LogP) is 3.55. The van der Waals surface area contributed by atoms with Crippen molar-refractivity contribution in [2.45, 2.75) is 13.1 Å². The van der Waals surface area contributed by atoms with E-state index in [0.717, 1.165) is 71.6 Å². The second kappa shape index (κ2) is 7.89. The highest BCUT2D eigenvalue weighted by atomic mass is 16.1. The van der Waals surface area contributed by atoms with Gasteiger partial charge in [0.15, 0.2) is 0 Å². The molecular formula is C26H25N5O. The summed E-state index contributed by atoms with van der Waals surface area (Å²) < 4.78 is 0. The third kappa shape index (κ3) is 3.47. The van der Waals surface area contributed by atoms with Gasteiger partial charge in [0.05, 0.1) is 0 Å². The first kappa shape index (κ1) is 19.2. The molecule has 1 fully saturated rings. The van der Waals surface area contributed by atoms with Gasteiger partial charge in [0, 0.05) is 73.7 Å². The Labute approximate surface area is 186 Å². The molecule has 3 N–H and O–H groups in total. The maximum absolute atomic E-state index is 11.9. The molecule has 160 valence electrons. The van der Waals surface area contributed by atoms with Gasteiger partial charge >= 0.3 is 0 Å². The Kier molecular flexibility index (Phi) is 4.74. The molecule has 0 unspecified atom stereocenters. The van der Waals surface area contributed by atoms with Crippen molar-refractivity contribution in [2.75, 3.05) is 26.2 Å². The Bertz CT molecular complexity index is 1300. The summed E-state index contributed by atoms with van der Waals surface area (Å²) in [5, 5.41) is 7.38. The molecule has 4 aromatic rings. The van der Waals surface area contributed by atoms with Crippen LogP contribution in [0, 0.1) is 0 Å². The van der Waals surface area contributed by atoms with E-state index in [4.69, 9.17) is 0 Å². The van der Waals surface area contributed by atoms with Gasteiger partial charge in [-0.2, -0.15) is 0 Å². The number of hydrogen-bond acceptors (Lipinski definition) is 4. The summed E-state index contributed by atoms with van der Waals surface area (Å²) in [5.74, 6) is 0.00910. The molecule has 32 heavy (non-hydrogen) atoms. The molecule has 2 aromatic heterocycles. The van der Waals surface area contributed by atoms with Gasteiger partial charge < -0.3 is 15.6 Å². The first-order chi connectivity index (χ1) is 15.7. The van der Waals surface area contributed by atoms with E-state index in [1.165, 1.54) is 11.1 Å². The van der Waals surface area contributed by atoms with Crippen molar-refractivity contribution < 1.29 is 4.79 Å². The van der Waals surface area contributed by atoms with Crippen molar-refractivity contribution in [1.29, 1.82) is 0 Å². The summed E-state index contributed by atoms with van der Waals surface area (Å²) in [5.41, 5.74) is 8.49. The Morgan fingerprint density at radius 2 is 1.72 bits per heavy atom. The van der Waals surface area contributed by atoms with Gasteiger partial charge in [-0.3, -0.25) is 9.69 Å². The number of nitrogens with one attached hydrogen (secondary N) is 3. The van der Waals surface area contributed by atoms with Crippen LogP contribution in [0.15, 0.2) is 60.9 Å². The number of H-pyrrole nitrogens is 1. The van der Waals surface area contributed by atoms with E-state index in [1.54, 1.807) is 0 Å². The Hall–Kier alpha value is -3.48. The number of pyridine rings is 1. The van der Waals surface area contributed by atoms with Crippen molar-refractivity contribution in [3.05, 3.63) is 77.6 Å². The van der Waals surface area contributed by atoms with Gasteiger partial charge in [-0.1, -0.05) is 30.3 Å². The van der Waals surface area contributed by atoms with Crippen molar-refractivity contribution >= 4 is 16.9 Å². The van der Waals surface area contributed by atoms with Gasteiger partial charge in [0.1, 0.15) is 5.65 Å². The maximum atomic E-state index is 11.9. The van der Waals surface area contributed by atoms with Crippen LogP contribution in [0.4, 0.5) is 0 Å². The zero-order chi connectivity index (χ0) is 21.5. The third-order valence-corrected chi connectivity index (χ3v) is 6.53. The van der Waals surface area contributed by atoms with Gasteiger partial charge in [-0.15, -0.1) is 0 Å². The fourth-order valence-electron chi connectivity index (χ4n) is 4.73. The summed E-state index contributed by atoms with van der Waals surface area (Å²) in [7, 11) is 0. The lowest BCUT2D eigenvalue weighted by molar-refractivity contribution is 0.0966. The number of rotatable bonds is 4. The second-order valence-corrected chi connectivity index (χ2v) is 8.60. The largest absolute Gasteiger partial charge is 0.348 e. The van der Waals surface area contributed by atoms with Crippen molar-refractivity contribution in [2.24, 2.45) is 0 Å². The smallest absolute Gasteiger partial charge is 0.251 e. The molecule has 2 aliphatic heterocycles. The zero-order valence-corrected chi connectivity index (χ0v) is 17.8. The molecule has 0 radical (unpaired) electrons. The number of carbonyl (C=O) groups excluding carboxylic acids is 1. The van der Waals surface area contributed by atoms with Gasteiger partial charge in [0.25, 0.3) is 5.91 Å². The Morgan fingerprint density at radius 1 is 0.906 bits per heavy atom. The van der Waals surface area contributed by atoms with E-state index in [2.05, 4.69) is 61.9 Å². The fraction of sp³-hybridized carbons (Fsp3) is 0.231. The number of piperazine rings is 1. The highest BCUT2D eigenvalue weighted by molar-refractivity contribution is 6.00. The van der Waals surface area contributed by atoms with Gasteiger partial charge in [-0.25, -0.2) is 4.98 Å². The average molecular weight is 424 g/mol. The lowest BCUT2D eigenvalue weighted by atomic mass is 9.99. The predicted molar refractivity (Wildman–Crippen MR) is 126 cm³/mol. The third-order valence-electron chi connectivity index (χ3n) is 6.53. The Balaban J connectivity index is 1.30. The lowest BCUT2D eigenvalue weighted by Gasteiger charge is -2.27. The molecule has 4 heterocycles. The normalized spacial score (nSPS) is 16.3. The number of benzene rings is 2. The monoisotopic (exact) mass is 423 g/mol. The molecule has 6 heteroatoms. The van der Waals surface area contributed by atoms with E-state index in [0.29, 0.717) is 6.54 Å². The van der Waals surface area contributed by atoms with Crippen molar-refractivity contribution in [3.8, 4) is 22.3 Å². The van der Waals surface area contributed by atoms with Crippen LogP contribution in [0.1, 0.15) is 21.5 Å². The van der Waals surface area contributed by atoms with E-state index in [-0.39, 0.29) is 5.91 Å². The lowest BCUT2D eigenvalue weighted by Crippen LogP contribution is -2.42. The van der Waals surface area contributed by atoms with E-state index < -0.39 is 0 Å². The fourth-order valence-corrected chi connectivity index (χ4v) is 4.73. The molecule has 1 amide bonds. The number of nitrogens with zero attached hydrogens (tertiary/aromatic N) is 2. The number of aromatic amines is 1. The SMILES string of the molecule is O=C1NCc2cc(-c3c[nH]c4ncc(-c5ccc(CN6CCNCC6)cc5)cc34)ccc21. The highest BCUT2D eigenvalue weighted by Crippen LogP contribution is 2.33. The molecular weight excluding hydrogens is 398 g/mol. The van der Waals surface area contributed by atoms with Gasteiger partial charge in [0.2, 0.25) is 0 Å². The number of amides is 1.